The van der Waals surface area contributed by atoms with Crippen molar-refractivity contribution in [3.63, 3.8) is 0 Å². The predicted octanol–water partition coefficient (Wildman–Crippen LogP) is 4.80. The number of carboxylic acids is 1. The van der Waals surface area contributed by atoms with Crippen molar-refractivity contribution in [1.82, 2.24) is 9.61 Å². The van der Waals surface area contributed by atoms with Crippen molar-refractivity contribution in [3.05, 3.63) is 65.4 Å². The molecule has 0 radical (unpaired) electrons. The Labute approximate surface area is 233 Å². The fourth-order valence-corrected chi connectivity index (χ4v) is 6.02. The van der Waals surface area contributed by atoms with E-state index in [9.17, 15) is 27.9 Å². The fourth-order valence-electron chi connectivity index (χ4n) is 6.02. The van der Waals surface area contributed by atoms with Gasteiger partial charge in [0.25, 0.3) is 0 Å². The lowest BCUT2D eigenvalue weighted by molar-refractivity contribution is -0.274. The highest BCUT2D eigenvalue weighted by Gasteiger charge is 2.43. The molecule has 1 aliphatic carbocycles. The Morgan fingerprint density at radius 1 is 1.05 bits per heavy atom. The maximum Gasteiger partial charge on any atom is 0.573 e. The van der Waals surface area contributed by atoms with E-state index in [1.54, 1.807) is 16.6 Å². The number of carbonyl (C=O) groups is 2. The topological polar surface area (TPSA) is 119 Å². The summed E-state index contributed by atoms with van der Waals surface area (Å²) in [7, 11) is 0. The number of nitrogens with zero attached hydrogens (tertiary/aromatic N) is 3. The van der Waals surface area contributed by atoms with Gasteiger partial charge in [-0.1, -0.05) is 12.1 Å². The number of hydrogen-bond acceptors (Lipinski definition) is 7. The Bertz CT molecular complexity index is 1520. The van der Waals surface area contributed by atoms with Gasteiger partial charge in [0.2, 0.25) is 0 Å². The normalized spacial score (nSPS) is 23.0. The van der Waals surface area contributed by atoms with Crippen molar-refractivity contribution < 1.29 is 37.3 Å². The van der Waals surface area contributed by atoms with Crippen LogP contribution in [0.1, 0.15) is 54.4 Å². The van der Waals surface area contributed by atoms with E-state index in [4.69, 9.17) is 10.5 Å². The molecule has 12 heteroatoms. The van der Waals surface area contributed by atoms with Gasteiger partial charge in [-0.3, -0.25) is 4.79 Å². The number of carboxylic acid groups (broad SMARTS) is 1. The Morgan fingerprint density at radius 2 is 1.76 bits per heavy atom. The number of rotatable bonds is 9. The first-order chi connectivity index (χ1) is 19.6. The molecular weight excluding hydrogens is 541 g/mol. The average molecular weight is 571 g/mol. The third-order valence-corrected chi connectivity index (χ3v) is 8.08. The van der Waals surface area contributed by atoms with Crippen LogP contribution in [0.5, 0.6) is 5.75 Å². The van der Waals surface area contributed by atoms with Crippen molar-refractivity contribution in [1.29, 1.82) is 0 Å². The summed E-state index contributed by atoms with van der Waals surface area (Å²) in [6.07, 6.45) is 1.08. The van der Waals surface area contributed by atoms with Gasteiger partial charge in [-0.25, -0.2) is 9.31 Å². The van der Waals surface area contributed by atoms with E-state index >= 15 is 0 Å². The van der Waals surface area contributed by atoms with Crippen molar-refractivity contribution in [3.8, 4) is 5.75 Å². The lowest BCUT2D eigenvalue weighted by Gasteiger charge is -2.39. The standard InChI is InChI=1S/C29H29F3N4O5/c30-29(31,32)41-24-4-2-1-3-22(24)26(33)23(27(37)16-5-6-16)15-40-21-12-19-7-8-20(13-21)36(19)25-10-9-18-11-17(28(38)39)14-35(18)34-25/h1-4,9-11,14,16,19-21H,5-8,12-13,15,33H2,(H,38,39)/t19-,20?,21?/m0/s1. The Morgan fingerprint density at radius 3 is 2.41 bits per heavy atom. The fraction of sp³-hybridized carbons (Fsp3) is 0.414. The molecule has 3 atom stereocenters. The van der Waals surface area contributed by atoms with Crippen molar-refractivity contribution >= 4 is 28.8 Å². The zero-order chi connectivity index (χ0) is 28.9. The number of para-hydroxylation sites is 1. The molecule has 216 valence electrons. The largest absolute Gasteiger partial charge is 0.573 e. The number of hydrogen-bond donors (Lipinski definition) is 2. The zero-order valence-electron chi connectivity index (χ0n) is 22.0. The lowest BCUT2D eigenvalue weighted by Crippen LogP contribution is -2.46. The summed E-state index contributed by atoms with van der Waals surface area (Å²) in [5, 5.41) is 14.0. The lowest BCUT2D eigenvalue weighted by atomic mass is 9.98. The number of ketones is 1. The van der Waals surface area contributed by atoms with Gasteiger partial charge >= 0.3 is 12.3 Å². The molecule has 1 saturated carbocycles. The van der Waals surface area contributed by atoms with E-state index in [2.05, 4.69) is 14.7 Å². The van der Waals surface area contributed by atoms with Gasteiger partial charge in [-0.05, 0) is 68.9 Å². The monoisotopic (exact) mass is 570 g/mol. The van der Waals surface area contributed by atoms with Crippen LogP contribution in [0, 0.1) is 5.92 Å². The van der Waals surface area contributed by atoms with Gasteiger partial charge in [0.15, 0.2) is 5.78 Å². The number of Topliss-reactive ketones (excluding diaryl/α,β-unsaturated/α-hetero) is 1. The summed E-state index contributed by atoms with van der Waals surface area (Å²) in [5.74, 6) is -1.12. The molecule has 2 saturated heterocycles. The van der Waals surface area contributed by atoms with Crippen LogP contribution in [0.4, 0.5) is 19.0 Å². The number of nitrogens with two attached hydrogens (primary N) is 1. The van der Waals surface area contributed by atoms with Gasteiger partial charge in [0.05, 0.1) is 29.5 Å². The molecule has 3 fully saturated rings. The molecule has 1 aromatic carbocycles. The smallest absolute Gasteiger partial charge is 0.478 e. The van der Waals surface area contributed by atoms with Crippen LogP contribution in [0.15, 0.2) is 54.2 Å². The molecule has 0 amide bonds. The second-order valence-corrected chi connectivity index (χ2v) is 10.9. The highest BCUT2D eigenvalue weighted by atomic mass is 19.4. The minimum Gasteiger partial charge on any atom is -0.478 e. The molecule has 6 rings (SSSR count). The van der Waals surface area contributed by atoms with Crippen molar-refractivity contribution in [2.75, 3.05) is 11.5 Å². The maximum absolute atomic E-state index is 13.2. The zero-order valence-corrected chi connectivity index (χ0v) is 22.0. The van der Waals surface area contributed by atoms with Gasteiger partial charge in [0, 0.05) is 35.3 Å². The van der Waals surface area contributed by atoms with Crippen LogP contribution in [0.2, 0.25) is 0 Å². The maximum atomic E-state index is 13.2. The number of anilines is 1. The molecule has 2 bridgehead atoms. The number of ether oxygens (including phenoxy) is 2. The minimum absolute atomic E-state index is 0.00449. The molecule has 4 heterocycles. The molecule has 0 spiro atoms. The van der Waals surface area contributed by atoms with Gasteiger partial charge < -0.3 is 25.2 Å². The second-order valence-electron chi connectivity index (χ2n) is 10.9. The summed E-state index contributed by atoms with van der Waals surface area (Å²) in [4.78, 5) is 26.8. The summed E-state index contributed by atoms with van der Waals surface area (Å²) >= 11 is 0. The molecule has 3 aliphatic rings. The predicted molar refractivity (Wildman–Crippen MR) is 142 cm³/mol. The molecule has 3 aromatic rings. The summed E-state index contributed by atoms with van der Waals surface area (Å²) in [6, 6.07) is 11.1. The first kappa shape index (κ1) is 27.1. The van der Waals surface area contributed by atoms with Crippen molar-refractivity contribution in [2.45, 2.75) is 63.1 Å². The van der Waals surface area contributed by atoms with E-state index in [0.29, 0.717) is 31.2 Å². The summed E-state index contributed by atoms with van der Waals surface area (Å²) < 4.78 is 51.0. The number of carbonyl (C=O) groups excluding carboxylic acids is 1. The minimum atomic E-state index is -4.90. The van der Waals surface area contributed by atoms with Crippen LogP contribution in [0.25, 0.3) is 11.2 Å². The number of aromatic nitrogens is 2. The van der Waals surface area contributed by atoms with Gasteiger partial charge in [-0.2, -0.15) is 5.10 Å². The van der Waals surface area contributed by atoms with E-state index in [-0.39, 0.29) is 58.9 Å². The first-order valence-corrected chi connectivity index (χ1v) is 13.6. The number of benzene rings is 1. The third kappa shape index (κ3) is 5.61. The van der Waals surface area contributed by atoms with E-state index < -0.39 is 18.1 Å². The van der Waals surface area contributed by atoms with Gasteiger partial charge in [-0.15, -0.1) is 13.2 Å². The quantitative estimate of drug-likeness (QED) is 0.353. The molecule has 2 unspecified atom stereocenters. The number of aromatic carboxylic acids is 1. The molecule has 2 aliphatic heterocycles. The molecule has 9 nitrogen and oxygen atoms in total. The molecule has 2 aromatic heterocycles. The number of piperidine rings is 1. The Hall–Kier alpha value is -4.06. The van der Waals surface area contributed by atoms with Crippen LogP contribution in [0.3, 0.4) is 0 Å². The number of fused-ring (bicyclic) bond motifs is 3. The van der Waals surface area contributed by atoms with Crippen LogP contribution < -0.4 is 15.4 Å². The number of halogens is 3. The molecular formula is C29H29F3N4O5. The van der Waals surface area contributed by atoms with Gasteiger partial charge in [0.1, 0.15) is 11.6 Å². The summed E-state index contributed by atoms with van der Waals surface area (Å²) in [6.45, 7) is -0.100. The molecule has 3 N–H and O–H groups in total. The van der Waals surface area contributed by atoms with E-state index in [0.717, 1.165) is 18.7 Å². The third-order valence-electron chi connectivity index (χ3n) is 8.08. The first-order valence-electron chi connectivity index (χ1n) is 13.6. The summed E-state index contributed by atoms with van der Waals surface area (Å²) in [5.41, 5.74) is 7.32. The number of alkyl halides is 3. The second kappa shape index (κ2) is 10.4. The van der Waals surface area contributed by atoms with Crippen molar-refractivity contribution in [2.24, 2.45) is 11.7 Å². The van der Waals surface area contributed by atoms with Crippen LogP contribution in [-0.4, -0.2) is 57.6 Å². The Kier molecular flexibility index (Phi) is 6.88. The van der Waals surface area contributed by atoms with Crippen LogP contribution >= 0.6 is 0 Å². The van der Waals surface area contributed by atoms with E-state index in [1.165, 1.54) is 24.4 Å². The van der Waals surface area contributed by atoms with E-state index in [1.807, 2.05) is 12.1 Å². The van der Waals surface area contributed by atoms with Crippen LogP contribution in [-0.2, 0) is 9.53 Å². The Balaban J connectivity index is 1.19. The molecule has 41 heavy (non-hydrogen) atoms. The highest BCUT2D eigenvalue weighted by Crippen LogP contribution is 2.41. The highest BCUT2D eigenvalue weighted by molar-refractivity contribution is 6.05. The average Bonchev–Trinajstić information content (AvgIpc) is 3.63. The SMILES string of the molecule is NC(=C(COC1CC2CC[C@@H](C1)N2c1ccc2cc(C(=O)O)cn2n1)C(=O)C1CC1)c1ccccc1OC(F)(F)F.